The minimum Gasteiger partial charge on any atom is -0.398 e. The molecule has 1 fully saturated rings. The molecule has 0 saturated heterocycles. The third-order valence-corrected chi connectivity index (χ3v) is 3.88. The predicted octanol–water partition coefficient (Wildman–Crippen LogP) is 3.00. The summed E-state index contributed by atoms with van der Waals surface area (Å²) in [4.78, 5) is 12.0. The molecule has 0 radical (unpaired) electrons. The maximum atomic E-state index is 12.0. The molecule has 1 aromatic carbocycles. The van der Waals surface area contributed by atoms with Crippen molar-refractivity contribution in [3.63, 3.8) is 0 Å². The van der Waals surface area contributed by atoms with E-state index in [1.54, 1.807) is 18.2 Å². The fraction of sp³-hybridized carbons (Fsp3) is 0.533. The van der Waals surface area contributed by atoms with E-state index in [9.17, 15) is 4.79 Å². The Morgan fingerprint density at radius 2 is 2.10 bits per heavy atom. The summed E-state index contributed by atoms with van der Waals surface area (Å²) in [6.07, 6.45) is 6.41. The first kappa shape index (κ1) is 15.1. The molecule has 3 N–H and O–H groups in total. The van der Waals surface area contributed by atoms with E-state index >= 15 is 0 Å². The molecule has 0 spiro atoms. The van der Waals surface area contributed by atoms with Crippen molar-refractivity contribution in [2.45, 2.75) is 38.2 Å². The highest BCUT2D eigenvalue weighted by molar-refractivity contribution is 6.34. The minimum atomic E-state index is -0.250. The van der Waals surface area contributed by atoms with Crippen LogP contribution in [-0.4, -0.2) is 25.2 Å². The number of hydrogen-bond acceptors (Lipinski definition) is 3. The van der Waals surface area contributed by atoms with Gasteiger partial charge in [-0.3, -0.25) is 4.79 Å². The Morgan fingerprint density at radius 1 is 1.35 bits per heavy atom. The summed E-state index contributed by atoms with van der Waals surface area (Å²) in [5.74, 6) is -0.250. The van der Waals surface area contributed by atoms with E-state index in [1.165, 1.54) is 19.3 Å². The lowest BCUT2D eigenvalue weighted by atomic mass is 9.98. The Hall–Kier alpha value is -1.26. The Labute approximate surface area is 124 Å². The zero-order valence-corrected chi connectivity index (χ0v) is 12.3. The lowest BCUT2D eigenvalue weighted by Gasteiger charge is -2.22. The van der Waals surface area contributed by atoms with Crippen molar-refractivity contribution in [2.24, 2.45) is 0 Å². The van der Waals surface area contributed by atoms with Crippen LogP contribution in [0.15, 0.2) is 18.2 Å². The van der Waals surface area contributed by atoms with Gasteiger partial charge in [-0.15, -0.1) is 0 Å². The molecule has 20 heavy (non-hydrogen) atoms. The topological polar surface area (TPSA) is 64.4 Å². The highest BCUT2D eigenvalue weighted by Crippen LogP contribution is 2.22. The van der Waals surface area contributed by atoms with E-state index in [4.69, 9.17) is 22.1 Å². The minimum absolute atomic E-state index is 0.250. The van der Waals surface area contributed by atoms with Crippen LogP contribution in [-0.2, 0) is 4.74 Å². The predicted molar refractivity (Wildman–Crippen MR) is 81.0 cm³/mol. The Kier molecular flexibility index (Phi) is 5.68. The summed E-state index contributed by atoms with van der Waals surface area (Å²) in [5, 5.41) is 3.16. The van der Waals surface area contributed by atoms with E-state index in [2.05, 4.69) is 5.32 Å². The molecule has 1 aromatic rings. The van der Waals surface area contributed by atoms with Crippen LogP contribution in [0.25, 0.3) is 0 Å². The lowest BCUT2D eigenvalue weighted by molar-refractivity contribution is 0.0299. The SMILES string of the molecule is Nc1cccc(Cl)c1C(=O)NCCOC1CCCCC1. The van der Waals surface area contributed by atoms with Crippen LogP contribution in [0, 0.1) is 0 Å². The van der Waals surface area contributed by atoms with Gasteiger partial charge in [-0.2, -0.15) is 0 Å². The first-order valence-electron chi connectivity index (χ1n) is 7.12. The molecule has 2 rings (SSSR count). The molecule has 0 aromatic heterocycles. The van der Waals surface area contributed by atoms with Gasteiger partial charge in [-0.1, -0.05) is 36.9 Å². The third kappa shape index (κ3) is 4.12. The third-order valence-electron chi connectivity index (χ3n) is 3.57. The second kappa shape index (κ2) is 7.50. The fourth-order valence-electron chi connectivity index (χ4n) is 2.49. The van der Waals surface area contributed by atoms with Gasteiger partial charge >= 0.3 is 0 Å². The van der Waals surface area contributed by atoms with Crippen molar-refractivity contribution in [3.8, 4) is 0 Å². The maximum Gasteiger partial charge on any atom is 0.254 e. The molecule has 1 saturated carbocycles. The number of benzene rings is 1. The zero-order chi connectivity index (χ0) is 14.4. The Bertz CT molecular complexity index is 439. The van der Waals surface area contributed by atoms with Gasteiger partial charge < -0.3 is 15.8 Å². The number of carbonyl (C=O) groups excluding carboxylic acids is 1. The largest absolute Gasteiger partial charge is 0.398 e. The molecule has 0 unspecified atom stereocenters. The molecule has 110 valence electrons. The van der Waals surface area contributed by atoms with Gasteiger partial charge in [-0.05, 0) is 25.0 Å². The summed E-state index contributed by atoms with van der Waals surface area (Å²) in [7, 11) is 0. The van der Waals surface area contributed by atoms with Crippen LogP contribution in [0.1, 0.15) is 42.5 Å². The molecular formula is C15H21ClN2O2. The van der Waals surface area contributed by atoms with Crippen molar-refractivity contribution in [2.75, 3.05) is 18.9 Å². The number of rotatable bonds is 5. The number of halogens is 1. The van der Waals surface area contributed by atoms with Gasteiger partial charge in [0.05, 0.1) is 23.3 Å². The molecule has 0 heterocycles. The lowest BCUT2D eigenvalue weighted by Crippen LogP contribution is -2.30. The van der Waals surface area contributed by atoms with E-state index in [1.807, 2.05) is 0 Å². The van der Waals surface area contributed by atoms with Crippen molar-refractivity contribution >= 4 is 23.2 Å². The summed E-state index contributed by atoms with van der Waals surface area (Å²) in [6, 6.07) is 5.05. The van der Waals surface area contributed by atoms with Crippen molar-refractivity contribution < 1.29 is 9.53 Å². The number of ether oxygens (including phenoxy) is 1. The first-order valence-corrected chi connectivity index (χ1v) is 7.50. The number of hydrogen-bond donors (Lipinski definition) is 2. The van der Waals surface area contributed by atoms with Crippen molar-refractivity contribution in [3.05, 3.63) is 28.8 Å². The maximum absolute atomic E-state index is 12.0. The highest BCUT2D eigenvalue weighted by atomic mass is 35.5. The number of carbonyl (C=O) groups is 1. The number of nitrogens with one attached hydrogen (secondary N) is 1. The molecular weight excluding hydrogens is 276 g/mol. The number of nitrogen functional groups attached to an aromatic ring is 1. The molecule has 1 amide bonds. The quantitative estimate of drug-likeness (QED) is 0.648. The normalized spacial score (nSPS) is 16.1. The second-order valence-electron chi connectivity index (χ2n) is 5.09. The van der Waals surface area contributed by atoms with Crippen molar-refractivity contribution in [1.29, 1.82) is 0 Å². The van der Waals surface area contributed by atoms with Crippen LogP contribution in [0.3, 0.4) is 0 Å². The van der Waals surface area contributed by atoms with E-state index < -0.39 is 0 Å². The van der Waals surface area contributed by atoms with Crippen LogP contribution in [0.2, 0.25) is 5.02 Å². The van der Waals surface area contributed by atoms with Gasteiger partial charge in [0.25, 0.3) is 5.91 Å². The number of nitrogens with two attached hydrogens (primary N) is 1. The van der Waals surface area contributed by atoms with Gasteiger partial charge in [0, 0.05) is 12.2 Å². The molecule has 1 aliphatic rings. The van der Waals surface area contributed by atoms with E-state index in [0.717, 1.165) is 12.8 Å². The summed E-state index contributed by atoms with van der Waals surface area (Å²) >= 11 is 5.99. The summed E-state index contributed by atoms with van der Waals surface area (Å²) in [6.45, 7) is 1.00. The number of amides is 1. The monoisotopic (exact) mass is 296 g/mol. The Balaban J connectivity index is 1.75. The summed E-state index contributed by atoms with van der Waals surface area (Å²) < 4.78 is 5.75. The molecule has 5 heteroatoms. The average molecular weight is 297 g/mol. The average Bonchev–Trinajstić information content (AvgIpc) is 2.44. The van der Waals surface area contributed by atoms with Gasteiger partial charge in [0.2, 0.25) is 0 Å². The van der Waals surface area contributed by atoms with Gasteiger partial charge in [-0.25, -0.2) is 0 Å². The Morgan fingerprint density at radius 3 is 2.80 bits per heavy atom. The van der Waals surface area contributed by atoms with Gasteiger partial charge in [0.1, 0.15) is 0 Å². The molecule has 0 atom stereocenters. The zero-order valence-electron chi connectivity index (χ0n) is 11.5. The standard InChI is InChI=1S/C15H21ClN2O2/c16-12-7-4-8-13(17)14(12)15(19)18-9-10-20-11-5-2-1-3-6-11/h4,7-8,11H,1-3,5-6,9-10,17H2,(H,18,19). The molecule has 1 aliphatic carbocycles. The van der Waals surface area contributed by atoms with Crippen LogP contribution >= 0.6 is 11.6 Å². The smallest absolute Gasteiger partial charge is 0.254 e. The van der Waals surface area contributed by atoms with Crippen molar-refractivity contribution in [1.82, 2.24) is 5.32 Å². The second-order valence-corrected chi connectivity index (χ2v) is 5.50. The number of anilines is 1. The molecule has 4 nitrogen and oxygen atoms in total. The molecule has 0 bridgehead atoms. The highest BCUT2D eigenvalue weighted by Gasteiger charge is 2.15. The fourth-order valence-corrected chi connectivity index (χ4v) is 2.76. The van der Waals surface area contributed by atoms with E-state index in [-0.39, 0.29) is 5.91 Å². The van der Waals surface area contributed by atoms with E-state index in [0.29, 0.717) is 35.5 Å². The van der Waals surface area contributed by atoms with Gasteiger partial charge in [0.15, 0.2) is 0 Å². The van der Waals surface area contributed by atoms with Crippen LogP contribution in [0.4, 0.5) is 5.69 Å². The first-order chi connectivity index (χ1) is 9.68. The van der Waals surface area contributed by atoms with Crippen LogP contribution < -0.4 is 11.1 Å². The van der Waals surface area contributed by atoms with Crippen LogP contribution in [0.5, 0.6) is 0 Å². The molecule has 0 aliphatic heterocycles. The summed E-state index contributed by atoms with van der Waals surface area (Å²) in [5.41, 5.74) is 6.50.